The van der Waals surface area contributed by atoms with Crippen LogP contribution in [0.4, 0.5) is 5.69 Å². The van der Waals surface area contributed by atoms with E-state index < -0.39 is 4.92 Å². The van der Waals surface area contributed by atoms with Gasteiger partial charge in [-0.3, -0.25) is 14.9 Å². The topological polar surface area (TPSA) is 72.7 Å². The molecule has 1 aromatic carbocycles. The molecule has 0 aliphatic heterocycles. The minimum atomic E-state index is -0.550. The average molecular weight is 359 g/mol. The molecule has 6 nitrogen and oxygen atoms in total. The van der Waals surface area contributed by atoms with Crippen molar-refractivity contribution in [2.24, 2.45) is 0 Å². The SMILES string of the molecule is COc1ccc(C(=O)N(C)CCCCCBr)cc1[N+](=O)[O-]. The third-order valence-corrected chi connectivity index (χ3v) is 3.66. The summed E-state index contributed by atoms with van der Waals surface area (Å²) in [5, 5.41) is 11.9. The Labute approximate surface area is 132 Å². The molecule has 0 aromatic heterocycles. The van der Waals surface area contributed by atoms with Gasteiger partial charge in [-0.05, 0) is 25.0 Å². The minimum absolute atomic E-state index is 0.150. The number of rotatable bonds is 8. The number of nitrogens with zero attached hydrogens (tertiary/aromatic N) is 2. The van der Waals surface area contributed by atoms with E-state index in [0.717, 1.165) is 24.6 Å². The van der Waals surface area contributed by atoms with E-state index >= 15 is 0 Å². The maximum atomic E-state index is 12.2. The molecule has 1 rings (SSSR count). The number of amides is 1. The molecule has 1 aromatic rings. The van der Waals surface area contributed by atoms with Crippen molar-refractivity contribution in [3.05, 3.63) is 33.9 Å². The normalized spacial score (nSPS) is 10.2. The second-order valence-electron chi connectivity index (χ2n) is 4.62. The van der Waals surface area contributed by atoms with Gasteiger partial charge in [-0.2, -0.15) is 0 Å². The van der Waals surface area contributed by atoms with Crippen LogP contribution >= 0.6 is 15.9 Å². The number of carbonyl (C=O) groups excluding carboxylic acids is 1. The summed E-state index contributed by atoms with van der Waals surface area (Å²) in [6.07, 6.45) is 3.01. The van der Waals surface area contributed by atoms with Crippen LogP contribution in [0.5, 0.6) is 5.75 Å². The van der Waals surface area contributed by atoms with Gasteiger partial charge in [0.05, 0.1) is 12.0 Å². The number of ether oxygens (including phenoxy) is 1. The molecule has 0 bridgehead atoms. The maximum Gasteiger partial charge on any atom is 0.311 e. The van der Waals surface area contributed by atoms with Crippen molar-refractivity contribution in [1.82, 2.24) is 4.90 Å². The zero-order valence-corrected chi connectivity index (χ0v) is 13.8. The van der Waals surface area contributed by atoms with Crippen molar-refractivity contribution < 1.29 is 14.5 Å². The Morgan fingerprint density at radius 2 is 2.10 bits per heavy atom. The number of nitro benzene ring substituents is 1. The van der Waals surface area contributed by atoms with Crippen LogP contribution in [0.25, 0.3) is 0 Å². The van der Waals surface area contributed by atoms with Crippen LogP contribution in [0.2, 0.25) is 0 Å². The first-order valence-electron chi connectivity index (χ1n) is 6.65. The van der Waals surface area contributed by atoms with Crippen molar-refractivity contribution in [2.75, 3.05) is 26.0 Å². The second kappa shape index (κ2) is 8.61. The van der Waals surface area contributed by atoms with E-state index in [4.69, 9.17) is 4.74 Å². The van der Waals surface area contributed by atoms with Crippen LogP contribution in [-0.4, -0.2) is 41.8 Å². The zero-order valence-electron chi connectivity index (χ0n) is 12.2. The first-order valence-corrected chi connectivity index (χ1v) is 7.77. The smallest absolute Gasteiger partial charge is 0.311 e. The van der Waals surface area contributed by atoms with Crippen LogP contribution in [0, 0.1) is 10.1 Å². The number of carbonyl (C=O) groups is 1. The van der Waals surface area contributed by atoms with Crippen molar-refractivity contribution >= 4 is 27.5 Å². The Balaban J connectivity index is 2.77. The lowest BCUT2D eigenvalue weighted by Crippen LogP contribution is -2.27. The number of halogens is 1. The van der Waals surface area contributed by atoms with Gasteiger partial charge < -0.3 is 9.64 Å². The molecule has 1 amide bonds. The van der Waals surface area contributed by atoms with Gasteiger partial charge >= 0.3 is 5.69 Å². The maximum absolute atomic E-state index is 12.2. The standard InChI is InChI=1S/C14H19BrN2O4/c1-16(9-5-3-4-8-15)14(18)11-6-7-13(21-2)12(10-11)17(19)20/h6-7,10H,3-5,8-9H2,1-2H3. The Kier molecular flexibility index (Phi) is 7.14. The van der Waals surface area contributed by atoms with Gasteiger partial charge in [0.2, 0.25) is 0 Å². The number of alkyl halides is 1. The fourth-order valence-electron chi connectivity index (χ4n) is 1.91. The molecule has 0 saturated heterocycles. The lowest BCUT2D eigenvalue weighted by atomic mass is 10.1. The molecule has 0 spiro atoms. The van der Waals surface area contributed by atoms with E-state index in [1.807, 2.05) is 0 Å². The molecule has 0 aliphatic carbocycles. The molecule has 0 heterocycles. The van der Waals surface area contributed by atoms with Crippen molar-refractivity contribution in [1.29, 1.82) is 0 Å². The molecule has 0 aliphatic rings. The number of benzene rings is 1. The Morgan fingerprint density at radius 1 is 1.38 bits per heavy atom. The van der Waals surface area contributed by atoms with Crippen LogP contribution in [0.15, 0.2) is 18.2 Å². The summed E-state index contributed by atoms with van der Waals surface area (Å²) in [6.45, 7) is 0.631. The molecule has 0 atom stereocenters. The minimum Gasteiger partial charge on any atom is -0.490 e. The molecule has 21 heavy (non-hydrogen) atoms. The molecule has 0 saturated carbocycles. The Hall–Kier alpha value is -1.63. The first kappa shape index (κ1) is 17.4. The van der Waals surface area contributed by atoms with Crippen molar-refractivity contribution in [2.45, 2.75) is 19.3 Å². The van der Waals surface area contributed by atoms with E-state index in [0.29, 0.717) is 12.1 Å². The van der Waals surface area contributed by atoms with Gasteiger partial charge in [0.25, 0.3) is 5.91 Å². The highest BCUT2D eigenvalue weighted by Crippen LogP contribution is 2.27. The number of methoxy groups -OCH3 is 1. The molecule has 0 N–H and O–H groups in total. The van der Waals surface area contributed by atoms with Crippen LogP contribution < -0.4 is 4.74 Å². The van der Waals surface area contributed by atoms with Crippen molar-refractivity contribution in [3.8, 4) is 5.75 Å². The summed E-state index contributed by atoms with van der Waals surface area (Å²) < 4.78 is 4.92. The van der Waals surface area contributed by atoms with E-state index in [-0.39, 0.29) is 17.3 Å². The lowest BCUT2D eigenvalue weighted by molar-refractivity contribution is -0.385. The van der Waals surface area contributed by atoms with E-state index in [9.17, 15) is 14.9 Å². The summed E-state index contributed by atoms with van der Waals surface area (Å²) >= 11 is 3.36. The molecule has 0 fully saturated rings. The van der Waals surface area contributed by atoms with E-state index in [2.05, 4.69) is 15.9 Å². The zero-order chi connectivity index (χ0) is 15.8. The third kappa shape index (κ3) is 5.00. The summed E-state index contributed by atoms with van der Waals surface area (Å²) in [4.78, 5) is 24.2. The molecule has 0 radical (unpaired) electrons. The predicted molar refractivity (Wildman–Crippen MR) is 84.3 cm³/mol. The van der Waals surface area contributed by atoms with Gasteiger partial charge in [0, 0.05) is 30.6 Å². The van der Waals surface area contributed by atoms with Gasteiger partial charge in [-0.1, -0.05) is 22.4 Å². The molecular formula is C14H19BrN2O4. The monoisotopic (exact) mass is 358 g/mol. The summed E-state index contributed by atoms with van der Waals surface area (Å²) in [5.41, 5.74) is 0.0986. The van der Waals surface area contributed by atoms with E-state index in [1.54, 1.807) is 18.0 Å². The predicted octanol–water partition coefficient (Wildman–Crippen LogP) is 3.24. The van der Waals surface area contributed by atoms with Gasteiger partial charge in [-0.25, -0.2) is 0 Å². The average Bonchev–Trinajstić information content (AvgIpc) is 2.49. The summed E-state index contributed by atoms with van der Waals surface area (Å²) in [5.74, 6) is -0.0730. The molecule has 116 valence electrons. The quantitative estimate of drug-likeness (QED) is 0.309. The fourth-order valence-corrected chi connectivity index (χ4v) is 2.30. The highest BCUT2D eigenvalue weighted by atomic mass is 79.9. The van der Waals surface area contributed by atoms with Crippen LogP contribution in [0.1, 0.15) is 29.6 Å². The fraction of sp³-hybridized carbons (Fsp3) is 0.500. The number of hydrogen-bond acceptors (Lipinski definition) is 4. The highest BCUT2D eigenvalue weighted by Gasteiger charge is 2.19. The van der Waals surface area contributed by atoms with Gasteiger partial charge in [0.15, 0.2) is 5.75 Å². The molecule has 0 unspecified atom stereocenters. The lowest BCUT2D eigenvalue weighted by Gasteiger charge is -2.17. The van der Waals surface area contributed by atoms with Crippen molar-refractivity contribution in [3.63, 3.8) is 0 Å². The van der Waals surface area contributed by atoms with Gasteiger partial charge in [0.1, 0.15) is 0 Å². The third-order valence-electron chi connectivity index (χ3n) is 3.10. The Bertz CT molecular complexity index is 508. The van der Waals surface area contributed by atoms with Gasteiger partial charge in [-0.15, -0.1) is 0 Å². The number of unbranched alkanes of at least 4 members (excludes halogenated alkanes) is 2. The van der Waals surface area contributed by atoms with Crippen LogP contribution in [0.3, 0.4) is 0 Å². The van der Waals surface area contributed by atoms with Crippen LogP contribution in [-0.2, 0) is 0 Å². The second-order valence-corrected chi connectivity index (χ2v) is 5.41. The number of hydrogen-bond donors (Lipinski definition) is 0. The first-order chi connectivity index (χ1) is 10.0. The Morgan fingerprint density at radius 3 is 2.67 bits per heavy atom. The highest BCUT2D eigenvalue weighted by molar-refractivity contribution is 9.09. The molecule has 7 heteroatoms. The summed E-state index contributed by atoms with van der Waals surface area (Å²) in [6, 6.07) is 4.25. The molecular weight excluding hydrogens is 340 g/mol. The number of nitro groups is 1. The summed E-state index contributed by atoms with van der Waals surface area (Å²) in [7, 11) is 3.06. The largest absolute Gasteiger partial charge is 0.490 e. The van der Waals surface area contributed by atoms with E-state index in [1.165, 1.54) is 19.2 Å².